The molecule has 29 heavy (non-hydrogen) atoms. The van der Waals surface area contributed by atoms with Crippen LogP contribution in [0.4, 0.5) is 5.95 Å². The Morgan fingerprint density at radius 2 is 1.69 bits per heavy atom. The fourth-order valence-corrected chi connectivity index (χ4v) is 3.67. The van der Waals surface area contributed by atoms with Crippen molar-refractivity contribution in [2.24, 2.45) is 0 Å². The summed E-state index contributed by atoms with van der Waals surface area (Å²) in [6.45, 7) is 3.23. The summed E-state index contributed by atoms with van der Waals surface area (Å²) in [5, 5.41) is 4.41. The van der Waals surface area contributed by atoms with Crippen molar-refractivity contribution in [3.8, 4) is 11.4 Å². The minimum absolute atomic E-state index is 0.481. The molecule has 0 atom stereocenters. The maximum atomic E-state index is 6.29. The van der Waals surface area contributed by atoms with Gasteiger partial charge in [0.2, 0.25) is 5.95 Å². The van der Waals surface area contributed by atoms with Crippen LogP contribution in [-0.2, 0) is 6.54 Å². The van der Waals surface area contributed by atoms with E-state index in [1.54, 1.807) is 6.07 Å². The first-order chi connectivity index (χ1) is 14.0. The van der Waals surface area contributed by atoms with Gasteiger partial charge >= 0.3 is 0 Å². The van der Waals surface area contributed by atoms with E-state index in [2.05, 4.69) is 33.4 Å². The lowest BCUT2D eigenvalue weighted by atomic mass is 10.2. The first-order valence-electron chi connectivity index (χ1n) is 9.14. The molecule has 0 aliphatic carbocycles. The monoisotopic (exact) mass is 489 g/mol. The average molecular weight is 491 g/mol. The summed E-state index contributed by atoms with van der Waals surface area (Å²) < 4.78 is 8.64. The number of fused-ring (bicyclic) bond motifs is 1. The molecule has 4 rings (SSSR count). The highest BCUT2D eigenvalue weighted by Gasteiger charge is 2.15. The Hall–Kier alpha value is -2.21. The van der Waals surface area contributed by atoms with E-state index >= 15 is 0 Å². The lowest BCUT2D eigenvalue weighted by molar-refractivity contribution is 0.340. The molecule has 4 nitrogen and oxygen atoms in total. The largest absolute Gasteiger partial charge is 0.494 e. The van der Waals surface area contributed by atoms with E-state index in [0.717, 1.165) is 32.5 Å². The Balaban J connectivity index is 1.75. The number of halogens is 3. The molecule has 0 fully saturated rings. The molecule has 0 aliphatic rings. The van der Waals surface area contributed by atoms with Crippen LogP contribution in [-0.4, -0.2) is 16.2 Å². The number of nitrogens with zero attached hydrogens (tertiary/aromatic N) is 2. The number of aromatic nitrogens is 2. The number of rotatable bonds is 6. The lowest BCUT2D eigenvalue weighted by Gasteiger charge is -2.12. The van der Waals surface area contributed by atoms with Crippen LogP contribution in [0.15, 0.2) is 65.1 Å². The molecule has 0 saturated carbocycles. The second kappa shape index (κ2) is 8.66. The van der Waals surface area contributed by atoms with Crippen molar-refractivity contribution in [2.45, 2.75) is 13.5 Å². The fraction of sp³-hybridized carbons (Fsp3) is 0.136. The third-order valence-electron chi connectivity index (χ3n) is 4.47. The summed E-state index contributed by atoms with van der Waals surface area (Å²) in [6, 6.07) is 19.7. The maximum Gasteiger partial charge on any atom is 0.208 e. The van der Waals surface area contributed by atoms with Crippen LogP contribution in [0.2, 0.25) is 10.0 Å². The minimum atomic E-state index is 0.481. The van der Waals surface area contributed by atoms with E-state index in [1.165, 1.54) is 0 Å². The molecule has 0 radical (unpaired) electrons. The minimum Gasteiger partial charge on any atom is -0.494 e. The van der Waals surface area contributed by atoms with Gasteiger partial charge < -0.3 is 10.1 Å². The van der Waals surface area contributed by atoms with Crippen molar-refractivity contribution in [3.63, 3.8) is 0 Å². The summed E-state index contributed by atoms with van der Waals surface area (Å²) >= 11 is 16.0. The predicted octanol–water partition coefficient (Wildman–Crippen LogP) is 7.11. The third kappa shape index (κ3) is 4.37. The molecule has 4 aromatic rings. The first-order valence-corrected chi connectivity index (χ1v) is 10.7. The van der Waals surface area contributed by atoms with Crippen molar-refractivity contribution in [1.82, 2.24) is 9.55 Å². The smallest absolute Gasteiger partial charge is 0.208 e. The van der Waals surface area contributed by atoms with Gasteiger partial charge in [-0.25, -0.2) is 4.98 Å². The molecule has 7 heteroatoms. The quantitative estimate of drug-likeness (QED) is 0.313. The van der Waals surface area contributed by atoms with Gasteiger partial charge in [-0.2, -0.15) is 0 Å². The number of hydrogen-bond donors (Lipinski definition) is 1. The van der Waals surface area contributed by atoms with Crippen molar-refractivity contribution in [3.05, 3.63) is 80.7 Å². The van der Waals surface area contributed by atoms with Crippen LogP contribution in [0.3, 0.4) is 0 Å². The zero-order valence-electron chi connectivity index (χ0n) is 15.6. The second-order valence-electron chi connectivity index (χ2n) is 6.43. The number of benzene rings is 3. The van der Waals surface area contributed by atoms with Gasteiger partial charge in [0, 0.05) is 16.7 Å². The number of ether oxygens (including phenoxy) is 1. The van der Waals surface area contributed by atoms with Gasteiger partial charge in [-0.3, -0.25) is 4.57 Å². The molecule has 0 bridgehead atoms. The average Bonchev–Trinajstić information content (AvgIpc) is 3.06. The topological polar surface area (TPSA) is 39.1 Å². The lowest BCUT2D eigenvalue weighted by Crippen LogP contribution is -2.06. The fourth-order valence-electron chi connectivity index (χ4n) is 3.09. The van der Waals surface area contributed by atoms with Crippen molar-refractivity contribution in [1.29, 1.82) is 0 Å². The van der Waals surface area contributed by atoms with E-state index in [-0.39, 0.29) is 0 Å². The van der Waals surface area contributed by atoms with Crippen molar-refractivity contribution in [2.75, 3.05) is 11.9 Å². The Labute approximate surface area is 187 Å². The van der Waals surface area contributed by atoms with Gasteiger partial charge in [0.15, 0.2) is 0 Å². The highest BCUT2D eigenvalue weighted by molar-refractivity contribution is 9.10. The van der Waals surface area contributed by atoms with Crippen LogP contribution in [0, 0.1) is 0 Å². The van der Waals surface area contributed by atoms with Gasteiger partial charge in [0.05, 0.1) is 27.7 Å². The Morgan fingerprint density at radius 1 is 1.00 bits per heavy atom. The van der Waals surface area contributed by atoms with E-state index < -0.39 is 0 Å². The molecule has 1 N–H and O–H groups in total. The maximum absolute atomic E-state index is 6.29. The molecule has 148 valence electrons. The molecule has 0 aliphatic heterocycles. The van der Waals surface area contributed by atoms with Crippen molar-refractivity contribution < 1.29 is 4.74 Å². The van der Waals surface area contributed by atoms with Gasteiger partial charge in [0.1, 0.15) is 5.75 Å². The van der Waals surface area contributed by atoms with Gasteiger partial charge in [-0.1, -0.05) is 51.3 Å². The summed E-state index contributed by atoms with van der Waals surface area (Å²) in [4.78, 5) is 4.75. The van der Waals surface area contributed by atoms with E-state index in [0.29, 0.717) is 29.1 Å². The molecule has 0 spiro atoms. The zero-order chi connectivity index (χ0) is 20.4. The van der Waals surface area contributed by atoms with E-state index in [1.807, 2.05) is 54.0 Å². The third-order valence-corrected chi connectivity index (χ3v) is 5.72. The van der Waals surface area contributed by atoms with Crippen LogP contribution in [0.5, 0.6) is 5.75 Å². The highest BCUT2D eigenvalue weighted by atomic mass is 79.9. The first kappa shape index (κ1) is 20.1. The van der Waals surface area contributed by atoms with Crippen LogP contribution in [0.25, 0.3) is 16.7 Å². The summed E-state index contributed by atoms with van der Waals surface area (Å²) in [7, 11) is 0. The summed E-state index contributed by atoms with van der Waals surface area (Å²) in [6.07, 6.45) is 0. The Morgan fingerprint density at radius 3 is 2.38 bits per heavy atom. The van der Waals surface area contributed by atoms with Crippen LogP contribution < -0.4 is 10.1 Å². The number of hydrogen-bond acceptors (Lipinski definition) is 3. The van der Waals surface area contributed by atoms with Gasteiger partial charge in [-0.05, 0) is 61.0 Å². The standard InChI is InChI=1S/C22H18BrCl2N3O/c1-2-29-17-9-7-16(8-10-17)28-21-12-19(25)18(24)11-20(21)27-22(28)26-13-14-3-5-15(23)6-4-14/h3-12H,2,13H2,1H3,(H,26,27). The molecule has 1 aromatic heterocycles. The highest BCUT2D eigenvalue weighted by Crippen LogP contribution is 2.32. The number of nitrogens with one attached hydrogen (secondary N) is 1. The molecular weight excluding hydrogens is 473 g/mol. The molecule has 0 unspecified atom stereocenters. The van der Waals surface area contributed by atoms with Crippen molar-refractivity contribution >= 4 is 56.1 Å². The second-order valence-corrected chi connectivity index (χ2v) is 8.16. The predicted molar refractivity (Wildman–Crippen MR) is 124 cm³/mol. The van der Waals surface area contributed by atoms with Crippen LogP contribution in [0.1, 0.15) is 12.5 Å². The molecular formula is C22H18BrCl2N3O. The summed E-state index contributed by atoms with van der Waals surface area (Å²) in [5.41, 5.74) is 3.75. The molecule has 0 saturated heterocycles. The molecule has 1 heterocycles. The molecule has 3 aromatic carbocycles. The SMILES string of the molecule is CCOc1ccc(-n2c(NCc3ccc(Br)cc3)nc3cc(Cl)c(Cl)cc32)cc1. The molecule has 0 amide bonds. The van der Waals surface area contributed by atoms with Gasteiger partial charge in [0.25, 0.3) is 0 Å². The Kier molecular flexibility index (Phi) is 5.99. The normalized spacial score (nSPS) is 11.0. The van der Waals surface area contributed by atoms with E-state index in [9.17, 15) is 0 Å². The zero-order valence-corrected chi connectivity index (χ0v) is 18.7. The number of anilines is 1. The summed E-state index contributed by atoms with van der Waals surface area (Å²) in [5.74, 6) is 1.54. The van der Waals surface area contributed by atoms with Crippen LogP contribution >= 0.6 is 39.1 Å². The van der Waals surface area contributed by atoms with E-state index in [4.69, 9.17) is 32.9 Å². The Bertz CT molecular complexity index is 1140. The number of imidazole rings is 1. The van der Waals surface area contributed by atoms with Gasteiger partial charge in [-0.15, -0.1) is 0 Å².